The number of para-hydroxylation sites is 1. The van der Waals surface area contributed by atoms with Crippen LogP contribution in [-0.2, 0) is 15.2 Å². The van der Waals surface area contributed by atoms with Crippen LogP contribution in [0.15, 0.2) is 57.6 Å². The van der Waals surface area contributed by atoms with Crippen molar-refractivity contribution >= 4 is 29.0 Å². The van der Waals surface area contributed by atoms with E-state index in [4.69, 9.17) is 13.9 Å². The summed E-state index contributed by atoms with van der Waals surface area (Å²) in [6, 6.07) is 9.94. The van der Waals surface area contributed by atoms with Gasteiger partial charge in [0, 0.05) is 31.3 Å². The van der Waals surface area contributed by atoms with Crippen molar-refractivity contribution in [1.82, 2.24) is 24.6 Å². The molecule has 1 spiro atoms. The number of rotatable bonds is 6. The first-order valence-corrected chi connectivity index (χ1v) is 13.4. The Morgan fingerprint density at radius 1 is 1.11 bits per heavy atom. The molecule has 3 aromatic heterocycles. The van der Waals surface area contributed by atoms with Gasteiger partial charge in [-0.25, -0.2) is 9.37 Å². The zero-order valence-electron chi connectivity index (χ0n) is 19.1. The highest BCUT2D eigenvalue weighted by molar-refractivity contribution is 7.98. The summed E-state index contributed by atoms with van der Waals surface area (Å²) in [4.78, 5) is 19.4. The van der Waals surface area contributed by atoms with Gasteiger partial charge in [0.2, 0.25) is 5.82 Å². The topological polar surface area (TPSA) is 95.5 Å². The number of furan rings is 1. The molecule has 0 radical (unpaired) electrons. The van der Waals surface area contributed by atoms with Gasteiger partial charge in [0.25, 0.3) is 5.91 Å². The Bertz CT molecular complexity index is 1360. The fraction of sp³-hybridized carbons (Fsp3) is 0.333. The van der Waals surface area contributed by atoms with Gasteiger partial charge in [-0.05, 0) is 24.3 Å². The molecule has 0 atom stereocenters. The van der Waals surface area contributed by atoms with Crippen LogP contribution in [0.3, 0.4) is 0 Å². The Morgan fingerprint density at radius 2 is 1.92 bits per heavy atom. The number of thioether (sulfide) groups is 1. The molecule has 1 aromatic carbocycles. The largest absolute Gasteiger partial charge is 0.461 e. The van der Waals surface area contributed by atoms with Crippen molar-refractivity contribution in [2.75, 3.05) is 26.3 Å². The van der Waals surface area contributed by atoms with Crippen molar-refractivity contribution in [3.8, 4) is 17.3 Å². The Labute approximate surface area is 214 Å². The lowest BCUT2D eigenvalue weighted by Crippen LogP contribution is -2.47. The lowest BCUT2D eigenvalue weighted by Gasteiger charge is -2.37. The summed E-state index contributed by atoms with van der Waals surface area (Å²) in [6.07, 6.45) is 2.86. The first-order valence-electron chi connectivity index (χ1n) is 11.5. The first kappa shape index (κ1) is 23.3. The molecule has 2 aliphatic rings. The van der Waals surface area contributed by atoms with Crippen molar-refractivity contribution in [1.29, 1.82) is 0 Å². The number of aromatic nitrogens is 4. The fourth-order valence-corrected chi connectivity index (χ4v) is 6.11. The van der Waals surface area contributed by atoms with Gasteiger partial charge in [0.05, 0.1) is 30.9 Å². The Morgan fingerprint density at radius 3 is 2.67 bits per heavy atom. The number of hydrogen-bond donors (Lipinski definition) is 0. The highest BCUT2D eigenvalue weighted by Gasteiger charge is 2.41. The van der Waals surface area contributed by atoms with Gasteiger partial charge in [-0.15, -0.1) is 21.5 Å². The molecule has 2 aliphatic heterocycles. The maximum atomic E-state index is 14.7. The van der Waals surface area contributed by atoms with Gasteiger partial charge in [0.1, 0.15) is 16.5 Å². The molecule has 0 bridgehead atoms. The molecule has 0 saturated carbocycles. The summed E-state index contributed by atoms with van der Waals surface area (Å²) in [5.41, 5.74) is 0.746. The summed E-state index contributed by atoms with van der Waals surface area (Å²) in [5, 5.41) is 11.6. The predicted octanol–water partition coefficient (Wildman–Crippen LogP) is 4.39. The number of likely N-dealkylation sites (tertiary alicyclic amines) is 1. The second-order valence-corrected chi connectivity index (χ2v) is 10.3. The van der Waals surface area contributed by atoms with Gasteiger partial charge in [0.15, 0.2) is 16.7 Å². The molecule has 0 N–H and O–H groups in total. The van der Waals surface area contributed by atoms with Crippen LogP contribution in [0.5, 0.6) is 0 Å². The number of amides is 1. The van der Waals surface area contributed by atoms with E-state index < -0.39 is 11.6 Å². The number of nitrogens with zero attached hydrogens (tertiary/aromatic N) is 5. The van der Waals surface area contributed by atoms with E-state index in [2.05, 4.69) is 15.2 Å². The molecule has 12 heteroatoms. The number of halogens is 1. The van der Waals surface area contributed by atoms with Crippen molar-refractivity contribution in [2.45, 2.75) is 29.5 Å². The minimum Gasteiger partial charge on any atom is -0.461 e. The van der Waals surface area contributed by atoms with Crippen LogP contribution in [-0.4, -0.2) is 62.6 Å². The first-order chi connectivity index (χ1) is 17.6. The number of ether oxygens (including phenoxy) is 2. The van der Waals surface area contributed by atoms with Gasteiger partial charge < -0.3 is 18.8 Å². The molecule has 2 saturated heterocycles. The van der Waals surface area contributed by atoms with Crippen LogP contribution >= 0.6 is 23.1 Å². The third-order valence-corrected chi connectivity index (χ3v) is 8.16. The van der Waals surface area contributed by atoms with Crippen LogP contribution in [0.25, 0.3) is 17.3 Å². The second kappa shape index (κ2) is 9.77. The van der Waals surface area contributed by atoms with E-state index in [1.54, 1.807) is 45.2 Å². The smallest absolute Gasteiger partial charge is 0.273 e. The number of carbonyl (C=O) groups is 1. The van der Waals surface area contributed by atoms with Gasteiger partial charge in [-0.3, -0.25) is 9.36 Å². The van der Waals surface area contributed by atoms with Crippen LogP contribution in [0.2, 0.25) is 0 Å². The monoisotopic (exact) mass is 527 g/mol. The minimum absolute atomic E-state index is 0.0926. The van der Waals surface area contributed by atoms with Gasteiger partial charge in [-0.1, -0.05) is 23.9 Å². The van der Waals surface area contributed by atoms with Crippen LogP contribution in [0, 0.1) is 5.82 Å². The lowest BCUT2D eigenvalue weighted by molar-refractivity contribution is -0.181. The van der Waals surface area contributed by atoms with E-state index in [1.807, 2.05) is 0 Å². The van der Waals surface area contributed by atoms with Crippen LogP contribution in [0.1, 0.15) is 28.3 Å². The number of thiazole rings is 1. The summed E-state index contributed by atoms with van der Waals surface area (Å²) < 4.78 is 33.3. The zero-order chi connectivity index (χ0) is 24.5. The molecule has 1 amide bonds. The van der Waals surface area contributed by atoms with E-state index in [0.29, 0.717) is 73.0 Å². The molecule has 9 nitrogen and oxygen atoms in total. The number of piperidine rings is 1. The van der Waals surface area contributed by atoms with Crippen molar-refractivity contribution in [3.05, 3.63) is 64.6 Å². The van der Waals surface area contributed by atoms with Gasteiger partial charge >= 0.3 is 0 Å². The summed E-state index contributed by atoms with van der Waals surface area (Å²) in [5.74, 6) is 0.324. The normalized spacial score (nSPS) is 17.2. The van der Waals surface area contributed by atoms with E-state index in [1.165, 1.54) is 35.4 Å². The van der Waals surface area contributed by atoms with Gasteiger partial charge in [-0.2, -0.15) is 0 Å². The predicted molar refractivity (Wildman–Crippen MR) is 130 cm³/mol. The van der Waals surface area contributed by atoms with Crippen LogP contribution in [0.4, 0.5) is 4.39 Å². The highest BCUT2D eigenvalue weighted by atomic mass is 32.2. The van der Waals surface area contributed by atoms with E-state index in [0.717, 1.165) is 5.01 Å². The second-order valence-electron chi connectivity index (χ2n) is 8.39. The molecule has 6 rings (SSSR count). The van der Waals surface area contributed by atoms with Crippen molar-refractivity contribution < 1.29 is 23.1 Å². The average Bonchev–Trinajstić information content (AvgIpc) is 3.71. The lowest BCUT2D eigenvalue weighted by atomic mass is 10.0. The standard InChI is InChI=1S/C24H22FN5O4S2/c25-16-4-1-2-5-18(16)30-21(19-6-3-11-32-19)27-28-23(30)36-15-20-26-17(14-35-20)22(31)29-9-7-24(8-10-29)33-12-13-34-24/h1-6,11,14H,7-10,12-13,15H2. The number of benzene rings is 1. The van der Waals surface area contributed by atoms with E-state index >= 15 is 0 Å². The minimum atomic E-state index is -0.524. The molecule has 2 fully saturated rings. The van der Waals surface area contributed by atoms with Crippen molar-refractivity contribution in [2.24, 2.45) is 0 Å². The molecular weight excluding hydrogens is 505 g/mol. The highest BCUT2D eigenvalue weighted by Crippen LogP contribution is 2.33. The van der Waals surface area contributed by atoms with Crippen molar-refractivity contribution in [3.63, 3.8) is 0 Å². The SMILES string of the molecule is O=C(c1csc(CSc2nnc(-c3ccco3)n2-c2ccccc2F)n1)N1CCC2(CC1)OCCO2. The Hall–Kier alpha value is -3.06. The Balaban J connectivity index is 1.17. The molecule has 4 aromatic rings. The third kappa shape index (κ3) is 4.45. The zero-order valence-corrected chi connectivity index (χ0v) is 20.8. The molecule has 36 heavy (non-hydrogen) atoms. The molecular formula is C24H22FN5O4S2. The fourth-order valence-electron chi connectivity index (χ4n) is 4.38. The molecule has 0 aliphatic carbocycles. The molecule has 186 valence electrons. The maximum absolute atomic E-state index is 14.7. The number of carbonyl (C=O) groups excluding carboxylic acids is 1. The molecule has 0 unspecified atom stereocenters. The maximum Gasteiger partial charge on any atom is 0.273 e. The summed E-state index contributed by atoms with van der Waals surface area (Å²) in [6.45, 7) is 2.35. The molecule has 5 heterocycles. The van der Waals surface area contributed by atoms with Crippen LogP contribution < -0.4 is 0 Å². The quantitative estimate of drug-likeness (QED) is 0.341. The number of hydrogen-bond acceptors (Lipinski definition) is 9. The van der Waals surface area contributed by atoms with E-state index in [-0.39, 0.29) is 5.91 Å². The van der Waals surface area contributed by atoms with E-state index in [9.17, 15) is 9.18 Å². The average molecular weight is 528 g/mol. The third-order valence-electron chi connectivity index (χ3n) is 6.19. The summed E-state index contributed by atoms with van der Waals surface area (Å²) >= 11 is 2.78. The summed E-state index contributed by atoms with van der Waals surface area (Å²) in [7, 11) is 0. The Kier molecular flexibility index (Phi) is 6.34.